The molecule has 0 saturated carbocycles. The maximum Gasteiger partial charge on any atom is 0.147 e. The monoisotopic (exact) mass is 303 g/mol. The summed E-state index contributed by atoms with van der Waals surface area (Å²) in [7, 11) is 0. The molecule has 0 saturated heterocycles. The summed E-state index contributed by atoms with van der Waals surface area (Å²) in [5, 5.41) is 14.4. The lowest BCUT2D eigenvalue weighted by molar-refractivity contribution is 0.134. The van der Waals surface area contributed by atoms with Crippen molar-refractivity contribution in [2.24, 2.45) is 0 Å². The normalized spacial score (nSPS) is 15.1. The number of fused-ring (bicyclic) bond motifs is 1. The molecule has 4 nitrogen and oxygen atoms in total. The Balaban J connectivity index is 1.81. The summed E-state index contributed by atoms with van der Waals surface area (Å²) in [4.78, 5) is 0. The SMILES string of the molecule is CCCNC(CC)c1nnc(-c2ccc3c(c2)COC3)s1. The number of hydrogen-bond donors (Lipinski definition) is 1. The first-order valence-electron chi connectivity index (χ1n) is 7.58. The van der Waals surface area contributed by atoms with Crippen LogP contribution in [0.4, 0.5) is 0 Å². The number of nitrogens with one attached hydrogen (secondary N) is 1. The van der Waals surface area contributed by atoms with Crippen LogP contribution in [0, 0.1) is 0 Å². The number of hydrogen-bond acceptors (Lipinski definition) is 5. The van der Waals surface area contributed by atoms with E-state index in [1.165, 1.54) is 11.1 Å². The molecule has 3 rings (SSSR count). The molecule has 21 heavy (non-hydrogen) atoms. The van der Waals surface area contributed by atoms with Gasteiger partial charge in [0.1, 0.15) is 10.0 Å². The minimum atomic E-state index is 0.314. The van der Waals surface area contributed by atoms with Crippen molar-refractivity contribution in [1.82, 2.24) is 15.5 Å². The van der Waals surface area contributed by atoms with Crippen molar-refractivity contribution < 1.29 is 4.74 Å². The van der Waals surface area contributed by atoms with Gasteiger partial charge in [0.15, 0.2) is 0 Å². The van der Waals surface area contributed by atoms with Crippen molar-refractivity contribution in [2.45, 2.75) is 45.9 Å². The smallest absolute Gasteiger partial charge is 0.147 e. The van der Waals surface area contributed by atoms with Gasteiger partial charge in [-0.2, -0.15) is 0 Å². The molecular formula is C16H21N3OS. The molecule has 1 aromatic heterocycles. The van der Waals surface area contributed by atoms with E-state index in [9.17, 15) is 0 Å². The third kappa shape index (κ3) is 3.15. The predicted octanol–water partition coefficient (Wildman–Crippen LogP) is 3.69. The largest absolute Gasteiger partial charge is 0.372 e. The Morgan fingerprint density at radius 1 is 1.24 bits per heavy atom. The first kappa shape index (κ1) is 14.6. The summed E-state index contributed by atoms with van der Waals surface area (Å²) in [6.07, 6.45) is 2.17. The summed E-state index contributed by atoms with van der Waals surface area (Å²) < 4.78 is 5.47. The molecule has 1 atom stereocenters. The van der Waals surface area contributed by atoms with Gasteiger partial charge in [-0.1, -0.05) is 37.3 Å². The standard InChI is InChI=1S/C16H21N3OS/c1-3-7-17-14(4-2)16-19-18-15(21-16)11-5-6-12-9-20-10-13(12)8-11/h5-6,8,14,17H,3-4,7,9-10H2,1-2H3. The van der Waals surface area contributed by atoms with Crippen LogP contribution in [0.3, 0.4) is 0 Å². The van der Waals surface area contributed by atoms with Crippen molar-refractivity contribution in [1.29, 1.82) is 0 Å². The van der Waals surface area contributed by atoms with Crippen LogP contribution >= 0.6 is 11.3 Å². The fourth-order valence-electron chi connectivity index (χ4n) is 2.52. The second-order valence-electron chi connectivity index (χ2n) is 5.34. The molecule has 2 heterocycles. The Morgan fingerprint density at radius 3 is 2.90 bits per heavy atom. The molecule has 5 heteroatoms. The molecule has 1 aliphatic heterocycles. The van der Waals surface area contributed by atoms with Crippen LogP contribution < -0.4 is 5.32 Å². The fourth-order valence-corrected chi connectivity index (χ4v) is 3.52. The van der Waals surface area contributed by atoms with E-state index in [0.29, 0.717) is 12.6 Å². The molecule has 1 N–H and O–H groups in total. The average Bonchev–Trinajstić information content (AvgIpc) is 3.16. The molecule has 0 amide bonds. The van der Waals surface area contributed by atoms with Gasteiger partial charge < -0.3 is 10.1 Å². The summed E-state index contributed by atoms with van der Waals surface area (Å²) in [5.41, 5.74) is 3.72. The van der Waals surface area contributed by atoms with E-state index in [2.05, 4.69) is 47.6 Å². The maximum absolute atomic E-state index is 5.47. The van der Waals surface area contributed by atoms with Gasteiger partial charge in [0.05, 0.1) is 19.3 Å². The van der Waals surface area contributed by atoms with Gasteiger partial charge in [-0.3, -0.25) is 0 Å². The van der Waals surface area contributed by atoms with Crippen LogP contribution in [0.1, 0.15) is 48.9 Å². The van der Waals surface area contributed by atoms with E-state index in [-0.39, 0.29) is 0 Å². The highest BCUT2D eigenvalue weighted by Crippen LogP contribution is 2.31. The molecule has 2 aromatic rings. The predicted molar refractivity (Wildman–Crippen MR) is 85.2 cm³/mol. The molecule has 0 radical (unpaired) electrons. The van der Waals surface area contributed by atoms with Crippen molar-refractivity contribution in [2.75, 3.05) is 6.54 Å². The molecular weight excluding hydrogens is 282 g/mol. The Labute approximate surface area is 129 Å². The second-order valence-corrected chi connectivity index (χ2v) is 6.35. The van der Waals surface area contributed by atoms with Crippen molar-refractivity contribution in [3.05, 3.63) is 34.3 Å². The molecule has 0 bridgehead atoms. The number of ether oxygens (including phenoxy) is 1. The Kier molecular flexibility index (Phi) is 4.63. The van der Waals surface area contributed by atoms with Crippen molar-refractivity contribution in [3.8, 4) is 10.6 Å². The lowest BCUT2D eigenvalue weighted by Crippen LogP contribution is -2.21. The number of aromatic nitrogens is 2. The van der Waals surface area contributed by atoms with Crippen LogP contribution in [0.25, 0.3) is 10.6 Å². The first-order chi connectivity index (χ1) is 10.3. The van der Waals surface area contributed by atoms with Gasteiger partial charge in [-0.05, 0) is 36.6 Å². The Morgan fingerprint density at radius 2 is 2.10 bits per heavy atom. The van der Waals surface area contributed by atoms with Crippen LogP contribution in [0.15, 0.2) is 18.2 Å². The zero-order chi connectivity index (χ0) is 14.7. The van der Waals surface area contributed by atoms with E-state index < -0.39 is 0 Å². The quantitative estimate of drug-likeness (QED) is 0.884. The molecule has 1 aliphatic rings. The van der Waals surface area contributed by atoms with Crippen LogP contribution in [-0.2, 0) is 18.0 Å². The highest BCUT2D eigenvalue weighted by Gasteiger charge is 2.17. The van der Waals surface area contributed by atoms with Crippen molar-refractivity contribution >= 4 is 11.3 Å². The van der Waals surface area contributed by atoms with Crippen LogP contribution in [0.5, 0.6) is 0 Å². The summed E-state index contributed by atoms with van der Waals surface area (Å²) in [5.74, 6) is 0. The number of nitrogens with zero attached hydrogens (tertiary/aromatic N) is 2. The minimum absolute atomic E-state index is 0.314. The fraction of sp³-hybridized carbons (Fsp3) is 0.500. The summed E-state index contributed by atoms with van der Waals surface area (Å²) >= 11 is 1.69. The number of rotatable bonds is 6. The van der Waals surface area contributed by atoms with E-state index in [4.69, 9.17) is 4.74 Å². The van der Waals surface area contributed by atoms with Gasteiger partial charge >= 0.3 is 0 Å². The number of benzene rings is 1. The second kappa shape index (κ2) is 6.64. The van der Waals surface area contributed by atoms with Gasteiger partial charge in [0.2, 0.25) is 0 Å². The summed E-state index contributed by atoms with van der Waals surface area (Å²) in [6, 6.07) is 6.77. The van der Waals surface area contributed by atoms with Crippen molar-refractivity contribution in [3.63, 3.8) is 0 Å². The third-order valence-electron chi connectivity index (χ3n) is 3.76. The molecule has 1 aromatic carbocycles. The van der Waals surface area contributed by atoms with Crippen LogP contribution in [-0.4, -0.2) is 16.7 Å². The molecule has 1 unspecified atom stereocenters. The van der Waals surface area contributed by atoms with Gasteiger partial charge in [0, 0.05) is 5.56 Å². The molecule has 112 valence electrons. The highest BCUT2D eigenvalue weighted by atomic mass is 32.1. The van der Waals surface area contributed by atoms with E-state index in [1.54, 1.807) is 11.3 Å². The lowest BCUT2D eigenvalue weighted by atomic mass is 10.1. The maximum atomic E-state index is 5.47. The van der Waals surface area contributed by atoms with Gasteiger partial charge in [0.25, 0.3) is 0 Å². The molecule has 0 fully saturated rings. The van der Waals surface area contributed by atoms with Crippen LogP contribution in [0.2, 0.25) is 0 Å². The minimum Gasteiger partial charge on any atom is -0.372 e. The Bertz CT molecular complexity index is 611. The zero-order valence-corrected chi connectivity index (χ0v) is 13.4. The topological polar surface area (TPSA) is 47.0 Å². The Hall–Kier alpha value is -1.30. The van der Waals surface area contributed by atoms with E-state index >= 15 is 0 Å². The molecule has 0 aliphatic carbocycles. The molecule has 0 spiro atoms. The van der Waals surface area contributed by atoms with E-state index in [1.807, 2.05) is 0 Å². The first-order valence-corrected chi connectivity index (χ1v) is 8.40. The highest BCUT2D eigenvalue weighted by molar-refractivity contribution is 7.14. The van der Waals surface area contributed by atoms with E-state index in [0.717, 1.165) is 41.6 Å². The van der Waals surface area contributed by atoms with Gasteiger partial charge in [-0.15, -0.1) is 10.2 Å². The third-order valence-corrected chi connectivity index (χ3v) is 4.84. The lowest BCUT2D eigenvalue weighted by Gasteiger charge is -2.12. The zero-order valence-electron chi connectivity index (χ0n) is 12.6. The van der Waals surface area contributed by atoms with Gasteiger partial charge in [-0.25, -0.2) is 0 Å². The summed E-state index contributed by atoms with van der Waals surface area (Å²) in [6.45, 7) is 6.82. The average molecular weight is 303 g/mol.